The molecule has 0 saturated heterocycles. The normalized spacial score (nSPS) is 23.2. The second-order valence-electron chi connectivity index (χ2n) is 5.66. The number of nitrogens with zero attached hydrogens (tertiary/aromatic N) is 1. The fraction of sp³-hybridized carbons (Fsp3) is 0.533. The number of rotatable bonds is 3. The number of nitriles is 1. The SMILES string of the molecule is CC1CCCC(S(=O)(=O)Cc2cc(F)cc(C#N)c2)C1. The molecule has 0 heterocycles. The standard InChI is InChI=1S/C15H18FNO2S/c1-11-3-2-4-15(5-11)20(18,19)10-13-6-12(9-17)7-14(16)8-13/h6-8,11,15H,2-5,10H2,1H3. The van der Waals surface area contributed by atoms with Gasteiger partial charge in [-0.3, -0.25) is 0 Å². The minimum atomic E-state index is -3.29. The molecule has 2 atom stereocenters. The van der Waals surface area contributed by atoms with E-state index in [2.05, 4.69) is 6.92 Å². The molecular weight excluding hydrogens is 277 g/mol. The zero-order valence-corrected chi connectivity index (χ0v) is 12.3. The molecule has 0 radical (unpaired) electrons. The van der Waals surface area contributed by atoms with Gasteiger partial charge in [-0.15, -0.1) is 0 Å². The van der Waals surface area contributed by atoms with Crippen molar-refractivity contribution in [2.24, 2.45) is 5.92 Å². The molecule has 0 bridgehead atoms. The summed E-state index contributed by atoms with van der Waals surface area (Å²) in [5.41, 5.74) is 0.520. The third-order valence-corrected chi connectivity index (χ3v) is 6.03. The Kier molecular flexibility index (Phi) is 4.44. The lowest BCUT2D eigenvalue weighted by molar-refractivity contribution is 0.382. The van der Waals surface area contributed by atoms with E-state index in [-0.39, 0.29) is 16.6 Å². The molecule has 1 aromatic rings. The van der Waals surface area contributed by atoms with Gasteiger partial charge in [0.1, 0.15) is 5.82 Å². The topological polar surface area (TPSA) is 57.9 Å². The van der Waals surface area contributed by atoms with Crippen LogP contribution in [0.3, 0.4) is 0 Å². The highest BCUT2D eigenvalue weighted by Gasteiger charge is 2.30. The van der Waals surface area contributed by atoms with E-state index in [0.717, 1.165) is 18.9 Å². The molecule has 2 rings (SSSR count). The highest BCUT2D eigenvalue weighted by atomic mass is 32.2. The molecule has 1 saturated carbocycles. The summed E-state index contributed by atoms with van der Waals surface area (Å²) in [7, 11) is -3.29. The summed E-state index contributed by atoms with van der Waals surface area (Å²) in [5.74, 6) is -0.325. The number of sulfone groups is 1. The Bertz CT molecular complexity index is 634. The lowest BCUT2D eigenvalue weighted by Crippen LogP contribution is -2.28. The first kappa shape index (κ1) is 15.0. The van der Waals surface area contributed by atoms with Gasteiger partial charge in [-0.05, 0) is 42.5 Å². The number of hydrogen-bond donors (Lipinski definition) is 0. The Morgan fingerprint density at radius 3 is 2.75 bits per heavy atom. The first-order chi connectivity index (χ1) is 9.40. The van der Waals surface area contributed by atoms with Crippen molar-refractivity contribution in [2.45, 2.75) is 43.6 Å². The minimum Gasteiger partial charge on any atom is -0.228 e. The van der Waals surface area contributed by atoms with E-state index in [1.165, 1.54) is 12.1 Å². The van der Waals surface area contributed by atoms with Crippen LogP contribution in [0.5, 0.6) is 0 Å². The number of benzene rings is 1. The number of hydrogen-bond acceptors (Lipinski definition) is 3. The van der Waals surface area contributed by atoms with Crippen LogP contribution in [0.15, 0.2) is 18.2 Å². The summed E-state index contributed by atoms with van der Waals surface area (Å²) in [4.78, 5) is 0. The van der Waals surface area contributed by atoms with Crippen molar-refractivity contribution in [1.29, 1.82) is 5.26 Å². The van der Waals surface area contributed by atoms with Gasteiger partial charge in [0.05, 0.1) is 22.6 Å². The van der Waals surface area contributed by atoms with Crippen LogP contribution in [0, 0.1) is 23.1 Å². The molecule has 5 heteroatoms. The van der Waals surface area contributed by atoms with Crippen molar-refractivity contribution in [1.82, 2.24) is 0 Å². The Hall–Kier alpha value is -1.41. The van der Waals surface area contributed by atoms with Crippen LogP contribution < -0.4 is 0 Å². The molecule has 1 aliphatic rings. The zero-order valence-electron chi connectivity index (χ0n) is 11.5. The Balaban J connectivity index is 2.20. The quantitative estimate of drug-likeness (QED) is 0.860. The van der Waals surface area contributed by atoms with E-state index in [0.29, 0.717) is 24.3 Å². The monoisotopic (exact) mass is 295 g/mol. The summed E-state index contributed by atoms with van der Waals surface area (Å²) in [6.07, 6.45) is 3.37. The van der Waals surface area contributed by atoms with Crippen LogP contribution in [0.1, 0.15) is 43.7 Å². The van der Waals surface area contributed by atoms with Gasteiger partial charge in [0, 0.05) is 0 Å². The van der Waals surface area contributed by atoms with Crippen molar-refractivity contribution in [3.05, 3.63) is 35.1 Å². The predicted octanol–water partition coefficient (Wildman–Crippen LogP) is 3.19. The second-order valence-corrected chi connectivity index (χ2v) is 7.94. The molecule has 0 spiro atoms. The average Bonchev–Trinajstić information content (AvgIpc) is 2.37. The summed E-state index contributed by atoms with van der Waals surface area (Å²) in [5, 5.41) is 8.47. The van der Waals surface area contributed by atoms with Gasteiger partial charge in [-0.1, -0.05) is 19.8 Å². The fourth-order valence-electron chi connectivity index (χ4n) is 2.85. The van der Waals surface area contributed by atoms with Gasteiger partial charge >= 0.3 is 0 Å². The van der Waals surface area contributed by atoms with Crippen LogP contribution in [0.2, 0.25) is 0 Å². The van der Waals surface area contributed by atoms with Gasteiger partial charge in [-0.25, -0.2) is 12.8 Å². The smallest absolute Gasteiger partial charge is 0.157 e. The lowest BCUT2D eigenvalue weighted by Gasteiger charge is -2.26. The van der Waals surface area contributed by atoms with Crippen LogP contribution in [0.25, 0.3) is 0 Å². The van der Waals surface area contributed by atoms with Crippen molar-refractivity contribution < 1.29 is 12.8 Å². The maximum Gasteiger partial charge on any atom is 0.157 e. The summed E-state index contributed by atoms with van der Waals surface area (Å²) < 4.78 is 38.2. The summed E-state index contributed by atoms with van der Waals surface area (Å²) >= 11 is 0. The molecular formula is C15H18FNO2S. The Morgan fingerprint density at radius 2 is 2.10 bits per heavy atom. The van der Waals surface area contributed by atoms with E-state index in [1.807, 2.05) is 6.07 Å². The molecule has 1 fully saturated rings. The fourth-order valence-corrected chi connectivity index (χ4v) is 4.87. The van der Waals surface area contributed by atoms with Crippen molar-refractivity contribution in [2.75, 3.05) is 0 Å². The Labute approximate surface area is 119 Å². The maximum absolute atomic E-state index is 13.3. The molecule has 1 aromatic carbocycles. The van der Waals surface area contributed by atoms with Crippen molar-refractivity contribution in [3.63, 3.8) is 0 Å². The maximum atomic E-state index is 13.3. The van der Waals surface area contributed by atoms with E-state index in [9.17, 15) is 12.8 Å². The van der Waals surface area contributed by atoms with E-state index in [4.69, 9.17) is 5.26 Å². The Morgan fingerprint density at radius 1 is 1.35 bits per heavy atom. The van der Waals surface area contributed by atoms with Gasteiger partial charge in [0.25, 0.3) is 0 Å². The van der Waals surface area contributed by atoms with E-state index in [1.54, 1.807) is 0 Å². The molecule has 0 N–H and O–H groups in total. The average molecular weight is 295 g/mol. The van der Waals surface area contributed by atoms with Gasteiger partial charge < -0.3 is 0 Å². The van der Waals surface area contributed by atoms with E-state index < -0.39 is 15.7 Å². The molecule has 0 amide bonds. The first-order valence-corrected chi connectivity index (χ1v) is 8.53. The van der Waals surface area contributed by atoms with Crippen LogP contribution in [0.4, 0.5) is 4.39 Å². The molecule has 20 heavy (non-hydrogen) atoms. The van der Waals surface area contributed by atoms with Gasteiger partial charge in [0.15, 0.2) is 9.84 Å². The predicted molar refractivity (Wildman–Crippen MR) is 75.2 cm³/mol. The highest BCUT2D eigenvalue weighted by molar-refractivity contribution is 7.91. The largest absolute Gasteiger partial charge is 0.228 e. The minimum absolute atomic E-state index is 0.159. The molecule has 2 unspecified atom stereocenters. The molecule has 0 aliphatic heterocycles. The summed E-state index contributed by atoms with van der Waals surface area (Å²) in [6.45, 7) is 2.07. The van der Waals surface area contributed by atoms with Crippen LogP contribution in [-0.2, 0) is 15.6 Å². The third kappa shape index (κ3) is 3.57. The van der Waals surface area contributed by atoms with Crippen LogP contribution >= 0.6 is 0 Å². The highest BCUT2D eigenvalue weighted by Crippen LogP contribution is 2.30. The third-order valence-electron chi connectivity index (χ3n) is 3.85. The first-order valence-electron chi connectivity index (χ1n) is 6.82. The van der Waals surface area contributed by atoms with Gasteiger partial charge in [0.2, 0.25) is 0 Å². The number of halogens is 1. The molecule has 108 valence electrons. The summed E-state index contributed by atoms with van der Waals surface area (Å²) in [6, 6.07) is 5.61. The van der Waals surface area contributed by atoms with Crippen LogP contribution in [-0.4, -0.2) is 13.7 Å². The second kappa shape index (κ2) is 5.92. The molecule has 1 aliphatic carbocycles. The lowest BCUT2D eigenvalue weighted by atomic mass is 9.91. The molecule has 0 aromatic heterocycles. The molecule has 3 nitrogen and oxygen atoms in total. The van der Waals surface area contributed by atoms with E-state index >= 15 is 0 Å². The zero-order chi connectivity index (χ0) is 14.8. The van der Waals surface area contributed by atoms with Crippen molar-refractivity contribution >= 4 is 9.84 Å². The van der Waals surface area contributed by atoms with Gasteiger partial charge in [-0.2, -0.15) is 5.26 Å². The van der Waals surface area contributed by atoms with Crippen molar-refractivity contribution in [3.8, 4) is 6.07 Å².